The van der Waals surface area contributed by atoms with Gasteiger partial charge >= 0.3 is 5.97 Å². The molecule has 1 fully saturated rings. The van der Waals surface area contributed by atoms with E-state index in [0.717, 1.165) is 22.3 Å². The van der Waals surface area contributed by atoms with Crippen molar-refractivity contribution in [1.82, 2.24) is 0 Å². The SMILES string of the molecule is CCOC(=O)C1(C(C)=O)CC(O)C(O)C1c1c(C)cc(C)cc1C. The van der Waals surface area contributed by atoms with Gasteiger partial charge in [-0.1, -0.05) is 17.7 Å². The van der Waals surface area contributed by atoms with Crippen molar-refractivity contribution < 1.29 is 24.5 Å². The number of benzene rings is 1. The first kappa shape index (κ1) is 18.6. The molecule has 1 aliphatic rings. The Morgan fingerprint density at radius 2 is 1.75 bits per heavy atom. The fourth-order valence-electron chi connectivity index (χ4n) is 4.17. The van der Waals surface area contributed by atoms with Crippen molar-refractivity contribution >= 4 is 11.8 Å². The largest absolute Gasteiger partial charge is 0.465 e. The summed E-state index contributed by atoms with van der Waals surface area (Å²) in [6.07, 6.45) is -2.47. The van der Waals surface area contributed by atoms with Crippen molar-refractivity contribution in [1.29, 1.82) is 0 Å². The lowest BCUT2D eigenvalue weighted by Crippen LogP contribution is -2.44. The Labute approximate surface area is 142 Å². The van der Waals surface area contributed by atoms with Crippen molar-refractivity contribution in [3.8, 4) is 0 Å². The summed E-state index contributed by atoms with van der Waals surface area (Å²) >= 11 is 0. The van der Waals surface area contributed by atoms with Crippen molar-refractivity contribution in [3.05, 3.63) is 34.4 Å². The number of hydrogen-bond acceptors (Lipinski definition) is 5. The van der Waals surface area contributed by atoms with Crippen LogP contribution < -0.4 is 0 Å². The van der Waals surface area contributed by atoms with Gasteiger partial charge in [-0.3, -0.25) is 9.59 Å². The van der Waals surface area contributed by atoms with E-state index in [9.17, 15) is 19.8 Å². The van der Waals surface area contributed by atoms with E-state index in [2.05, 4.69) is 0 Å². The predicted molar refractivity (Wildman–Crippen MR) is 89.8 cm³/mol. The quantitative estimate of drug-likeness (QED) is 0.649. The van der Waals surface area contributed by atoms with Gasteiger partial charge in [-0.15, -0.1) is 0 Å². The van der Waals surface area contributed by atoms with E-state index in [1.54, 1.807) is 6.92 Å². The molecule has 0 spiro atoms. The number of rotatable bonds is 4. The Morgan fingerprint density at radius 1 is 1.21 bits per heavy atom. The van der Waals surface area contributed by atoms with Gasteiger partial charge in [0.05, 0.1) is 18.8 Å². The van der Waals surface area contributed by atoms with E-state index < -0.39 is 29.5 Å². The molecule has 0 saturated heterocycles. The number of aryl methyl sites for hydroxylation is 3. The first-order valence-electron chi connectivity index (χ1n) is 8.29. The highest BCUT2D eigenvalue weighted by atomic mass is 16.5. The molecule has 2 N–H and O–H groups in total. The topological polar surface area (TPSA) is 83.8 Å². The molecule has 0 bridgehead atoms. The smallest absolute Gasteiger partial charge is 0.320 e. The summed E-state index contributed by atoms with van der Waals surface area (Å²) in [4.78, 5) is 25.2. The fraction of sp³-hybridized carbons (Fsp3) is 0.579. The number of Topliss-reactive ketones (excluding diaryl/α,β-unsaturated/α-hetero) is 1. The van der Waals surface area contributed by atoms with Crippen LogP contribution in [0.2, 0.25) is 0 Å². The summed E-state index contributed by atoms with van der Waals surface area (Å²) in [5, 5.41) is 20.9. The minimum Gasteiger partial charge on any atom is -0.465 e. The maximum atomic E-state index is 12.7. The zero-order valence-electron chi connectivity index (χ0n) is 14.9. The summed E-state index contributed by atoms with van der Waals surface area (Å²) in [7, 11) is 0. The molecule has 2 rings (SSSR count). The van der Waals surface area contributed by atoms with E-state index in [1.165, 1.54) is 6.92 Å². The van der Waals surface area contributed by atoms with Crippen LogP contribution in [0.25, 0.3) is 0 Å². The molecule has 1 aromatic carbocycles. The number of carbonyl (C=O) groups excluding carboxylic acids is 2. The number of ketones is 1. The lowest BCUT2D eigenvalue weighted by Gasteiger charge is -2.33. The Hall–Kier alpha value is -1.72. The minimum atomic E-state index is -1.56. The van der Waals surface area contributed by atoms with Crippen LogP contribution in [0.15, 0.2) is 12.1 Å². The van der Waals surface area contributed by atoms with Crippen LogP contribution in [0.3, 0.4) is 0 Å². The van der Waals surface area contributed by atoms with Gasteiger partial charge in [-0.25, -0.2) is 0 Å². The second kappa shape index (κ2) is 6.65. The number of aliphatic hydroxyl groups excluding tert-OH is 2. The first-order valence-corrected chi connectivity index (χ1v) is 8.29. The van der Waals surface area contributed by atoms with Gasteiger partial charge in [0, 0.05) is 5.92 Å². The van der Waals surface area contributed by atoms with Gasteiger partial charge < -0.3 is 14.9 Å². The number of aliphatic hydroxyl groups is 2. The van der Waals surface area contributed by atoms with E-state index in [-0.39, 0.29) is 18.8 Å². The maximum Gasteiger partial charge on any atom is 0.320 e. The third kappa shape index (κ3) is 2.76. The molecule has 24 heavy (non-hydrogen) atoms. The van der Waals surface area contributed by atoms with Crippen LogP contribution in [0.1, 0.15) is 48.4 Å². The molecule has 0 aliphatic heterocycles. The molecule has 0 amide bonds. The second-order valence-corrected chi connectivity index (χ2v) is 6.80. The fourth-order valence-corrected chi connectivity index (χ4v) is 4.17. The highest BCUT2D eigenvalue weighted by molar-refractivity contribution is 6.04. The molecule has 4 unspecified atom stereocenters. The third-order valence-electron chi connectivity index (χ3n) is 5.11. The van der Waals surface area contributed by atoms with E-state index in [0.29, 0.717) is 0 Å². The Morgan fingerprint density at radius 3 is 2.21 bits per heavy atom. The zero-order chi connectivity index (χ0) is 18.2. The molecule has 1 aliphatic carbocycles. The molecular formula is C19H26O5. The van der Waals surface area contributed by atoms with Crippen LogP contribution in [0, 0.1) is 26.2 Å². The predicted octanol–water partition coefficient (Wildman–Crippen LogP) is 1.96. The van der Waals surface area contributed by atoms with Gasteiger partial charge in [0.15, 0.2) is 0 Å². The van der Waals surface area contributed by atoms with Gasteiger partial charge in [0.1, 0.15) is 11.2 Å². The highest BCUT2D eigenvalue weighted by Gasteiger charge is 2.62. The van der Waals surface area contributed by atoms with Crippen LogP contribution in [-0.2, 0) is 14.3 Å². The van der Waals surface area contributed by atoms with E-state index >= 15 is 0 Å². The molecule has 5 nitrogen and oxygen atoms in total. The highest BCUT2D eigenvalue weighted by Crippen LogP contribution is 2.52. The summed E-state index contributed by atoms with van der Waals surface area (Å²) in [5.41, 5.74) is 2.03. The van der Waals surface area contributed by atoms with Gasteiger partial charge in [0.2, 0.25) is 0 Å². The average Bonchev–Trinajstić information content (AvgIpc) is 2.72. The van der Waals surface area contributed by atoms with E-state index in [1.807, 2.05) is 32.9 Å². The molecule has 0 radical (unpaired) electrons. The zero-order valence-corrected chi connectivity index (χ0v) is 14.9. The second-order valence-electron chi connectivity index (χ2n) is 6.80. The Balaban J connectivity index is 2.71. The number of carbonyl (C=O) groups is 2. The summed E-state index contributed by atoms with van der Waals surface area (Å²) in [6.45, 7) is 8.88. The van der Waals surface area contributed by atoms with Crippen molar-refractivity contribution in [2.45, 2.75) is 59.2 Å². The summed E-state index contributed by atoms with van der Waals surface area (Å²) in [6, 6.07) is 3.91. The normalized spacial score (nSPS) is 29.5. The van der Waals surface area contributed by atoms with Crippen molar-refractivity contribution in [2.24, 2.45) is 5.41 Å². The lowest BCUT2D eigenvalue weighted by molar-refractivity contribution is -0.161. The number of ether oxygens (including phenoxy) is 1. The molecule has 0 aromatic heterocycles. The van der Waals surface area contributed by atoms with Gasteiger partial charge in [0.25, 0.3) is 0 Å². The van der Waals surface area contributed by atoms with E-state index in [4.69, 9.17) is 4.74 Å². The van der Waals surface area contributed by atoms with Gasteiger partial charge in [-0.2, -0.15) is 0 Å². The van der Waals surface area contributed by atoms with Crippen molar-refractivity contribution in [2.75, 3.05) is 6.61 Å². The molecule has 1 saturated carbocycles. The average molecular weight is 334 g/mol. The van der Waals surface area contributed by atoms with Crippen LogP contribution in [-0.4, -0.2) is 40.8 Å². The van der Waals surface area contributed by atoms with Gasteiger partial charge in [-0.05, 0) is 57.7 Å². The molecule has 0 heterocycles. The molecule has 5 heteroatoms. The number of esters is 1. The molecule has 4 atom stereocenters. The monoisotopic (exact) mass is 334 g/mol. The van der Waals surface area contributed by atoms with Crippen LogP contribution >= 0.6 is 0 Å². The standard InChI is InChI=1S/C19H26O5/c1-6-24-18(23)19(13(5)20)9-14(21)17(22)16(19)15-11(3)7-10(2)8-12(15)4/h7-8,14,16-17,21-22H,6,9H2,1-5H3. The minimum absolute atomic E-state index is 0.125. The van der Waals surface area contributed by atoms with Crippen LogP contribution in [0.5, 0.6) is 0 Å². The maximum absolute atomic E-state index is 12.7. The van der Waals surface area contributed by atoms with Crippen molar-refractivity contribution in [3.63, 3.8) is 0 Å². The third-order valence-corrected chi connectivity index (χ3v) is 5.11. The lowest BCUT2D eigenvalue weighted by atomic mass is 9.69. The first-order chi connectivity index (χ1) is 11.2. The summed E-state index contributed by atoms with van der Waals surface area (Å²) in [5.74, 6) is -1.87. The Kier molecular flexibility index (Phi) is 5.16. The summed E-state index contributed by atoms with van der Waals surface area (Å²) < 4.78 is 5.16. The number of hydrogen-bond donors (Lipinski definition) is 2. The molecular weight excluding hydrogens is 308 g/mol. The Bertz CT molecular complexity index is 643. The molecule has 132 valence electrons. The molecule has 1 aromatic rings. The van der Waals surface area contributed by atoms with Crippen LogP contribution in [0.4, 0.5) is 0 Å².